The van der Waals surface area contributed by atoms with Crippen molar-refractivity contribution in [2.45, 2.75) is 12.5 Å². The molecule has 5 heteroatoms. The summed E-state index contributed by atoms with van der Waals surface area (Å²) < 4.78 is 0. The molecule has 1 heterocycles. The molecule has 1 atom stereocenters. The maximum atomic E-state index is 10.4. The number of hydrogen-bond donors (Lipinski definition) is 2. The van der Waals surface area contributed by atoms with Gasteiger partial charge in [-0.25, -0.2) is 4.79 Å². The van der Waals surface area contributed by atoms with Crippen LogP contribution in [0.15, 0.2) is 17.5 Å². The van der Waals surface area contributed by atoms with Gasteiger partial charge in [0.25, 0.3) is 0 Å². The molecule has 0 aliphatic rings. The minimum Gasteiger partial charge on any atom is -0.465 e. The topological polar surface area (TPSA) is 60.8 Å². The van der Waals surface area contributed by atoms with Gasteiger partial charge < -0.3 is 15.1 Å². The van der Waals surface area contributed by atoms with Crippen LogP contribution in [0.1, 0.15) is 17.4 Å². The first kappa shape index (κ1) is 11.0. The maximum Gasteiger partial charge on any atom is 0.407 e. The van der Waals surface area contributed by atoms with E-state index in [-0.39, 0.29) is 0 Å². The van der Waals surface area contributed by atoms with Gasteiger partial charge in [-0.3, -0.25) is 0 Å². The summed E-state index contributed by atoms with van der Waals surface area (Å²) in [5.41, 5.74) is 0. The van der Waals surface area contributed by atoms with Crippen LogP contribution < -0.4 is 0 Å². The molecule has 0 aromatic carbocycles. The molecule has 1 aromatic heterocycles. The summed E-state index contributed by atoms with van der Waals surface area (Å²) in [5, 5.41) is 20.1. The van der Waals surface area contributed by atoms with E-state index in [1.54, 1.807) is 0 Å². The SMILES string of the molecule is CN(CC[C@H](O)c1cccs1)C(=O)O. The first-order chi connectivity index (χ1) is 6.61. The van der Waals surface area contributed by atoms with E-state index in [1.807, 2.05) is 17.5 Å². The van der Waals surface area contributed by atoms with Crippen molar-refractivity contribution < 1.29 is 15.0 Å². The number of thiophene rings is 1. The predicted molar refractivity (Wildman–Crippen MR) is 54.6 cm³/mol. The second kappa shape index (κ2) is 4.97. The van der Waals surface area contributed by atoms with Crippen LogP contribution in [0.4, 0.5) is 4.79 Å². The van der Waals surface area contributed by atoms with Crippen LogP contribution in [-0.2, 0) is 0 Å². The molecule has 0 saturated carbocycles. The minimum absolute atomic E-state index is 0.342. The molecule has 0 bridgehead atoms. The van der Waals surface area contributed by atoms with E-state index in [0.717, 1.165) is 9.78 Å². The molecule has 0 fully saturated rings. The highest BCUT2D eigenvalue weighted by Gasteiger charge is 2.11. The van der Waals surface area contributed by atoms with Gasteiger partial charge in [-0.2, -0.15) is 0 Å². The summed E-state index contributed by atoms with van der Waals surface area (Å²) in [6, 6.07) is 3.71. The molecule has 0 spiro atoms. The number of carboxylic acid groups (broad SMARTS) is 1. The Morgan fingerprint density at radius 1 is 1.71 bits per heavy atom. The fourth-order valence-corrected chi connectivity index (χ4v) is 1.78. The lowest BCUT2D eigenvalue weighted by Crippen LogP contribution is -2.26. The Labute approximate surface area is 86.4 Å². The van der Waals surface area contributed by atoms with Gasteiger partial charge in [0.2, 0.25) is 0 Å². The van der Waals surface area contributed by atoms with Crippen LogP contribution >= 0.6 is 11.3 Å². The predicted octanol–water partition coefficient (Wildman–Crippen LogP) is 1.78. The molecule has 1 amide bonds. The van der Waals surface area contributed by atoms with Gasteiger partial charge in [0.15, 0.2) is 0 Å². The van der Waals surface area contributed by atoms with Crippen molar-refractivity contribution in [3.8, 4) is 0 Å². The summed E-state index contributed by atoms with van der Waals surface area (Å²) >= 11 is 1.48. The first-order valence-corrected chi connectivity index (χ1v) is 5.14. The molecule has 78 valence electrons. The Morgan fingerprint density at radius 2 is 2.43 bits per heavy atom. The third-order valence-corrected chi connectivity index (χ3v) is 2.91. The lowest BCUT2D eigenvalue weighted by Gasteiger charge is -2.14. The molecule has 1 aromatic rings. The van der Waals surface area contributed by atoms with Crippen molar-refractivity contribution in [1.82, 2.24) is 4.90 Å². The van der Waals surface area contributed by atoms with Crippen molar-refractivity contribution in [3.05, 3.63) is 22.4 Å². The zero-order chi connectivity index (χ0) is 10.6. The number of hydrogen-bond acceptors (Lipinski definition) is 3. The van der Waals surface area contributed by atoms with Crippen molar-refractivity contribution in [2.24, 2.45) is 0 Å². The highest BCUT2D eigenvalue weighted by Crippen LogP contribution is 2.21. The smallest absolute Gasteiger partial charge is 0.407 e. The number of amides is 1. The van der Waals surface area contributed by atoms with Crippen LogP contribution in [0.25, 0.3) is 0 Å². The highest BCUT2D eigenvalue weighted by atomic mass is 32.1. The fourth-order valence-electron chi connectivity index (χ4n) is 1.03. The van der Waals surface area contributed by atoms with E-state index < -0.39 is 12.2 Å². The van der Waals surface area contributed by atoms with Crippen molar-refractivity contribution in [3.63, 3.8) is 0 Å². The van der Waals surface area contributed by atoms with Crippen LogP contribution in [0.5, 0.6) is 0 Å². The maximum absolute atomic E-state index is 10.4. The molecular weight excluding hydrogens is 202 g/mol. The van der Waals surface area contributed by atoms with Crippen molar-refractivity contribution in [1.29, 1.82) is 0 Å². The monoisotopic (exact) mass is 215 g/mol. The molecule has 0 aliphatic heterocycles. The van der Waals surface area contributed by atoms with E-state index >= 15 is 0 Å². The fraction of sp³-hybridized carbons (Fsp3) is 0.444. The molecule has 0 radical (unpaired) electrons. The standard InChI is InChI=1S/C9H13NO3S/c1-10(9(12)13)5-4-7(11)8-3-2-6-14-8/h2-3,6-7,11H,4-5H2,1H3,(H,12,13)/t7-/m0/s1. The number of rotatable bonds is 4. The zero-order valence-electron chi connectivity index (χ0n) is 7.88. The molecule has 1 rings (SSSR count). The molecular formula is C9H13NO3S. The van der Waals surface area contributed by atoms with E-state index in [2.05, 4.69) is 0 Å². The van der Waals surface area contributed by atoms with Gasteiger partial charge in [0, 0.05) is 18.5 Å². The lowest BCUT2D eigenvalue weighted by molar-refractivity contribution is 0.132. The van der Waals surface area contributed by atoms with Gasteiger partial charge in [-0.1, -0.05) is 6.07 Å². The van der Waals surface area contributed by atoms with Gasteiger partial charge in [-0.05, 0) is 17.9 Å². The van der Waals surface area contributed by atoms with E-state index in [9.17, 15) is 9.90 Å². The molecule has 0 unspecified atom stereocenters. The second-order valence-corrected chi connectivity index (χ2v) is 4.00. The highest BCUT2D eigenvalue weighted by molar-refractivity contribution is 7.10. The molecule has 2 N–H and O–H groups in total. The third-order valence-electron chi connectivity index (χ3n) is 1.94. The summed E-state index contributed by atoms with van der Waals surface area (Å²) in [5.74, 6) is 0. The van der Waals surface area contributed by atoms with Crippen molar-refractivity contribution in [2.75, 3.05) is 13.6 Å². The van der Waals surface area contributed by atoms with Crippen molar-refractivity contribution >= 4 is 17.4 Å². The van der Waals surface area contributed by atoms with E-state index in [0.29, 0.717) is 13.0 Å². The normalized spacial score (nSPS) is 12.4. The summed E-state index contributed by atoms with van der Waals surface area (Å²) in [4.78, 5) is 12.5. The van der Waals surface area contributed by atoms with Gasteiger partial charge in [-0.15, -0.1) is 11.3 Å². The van der Waals surface area contributed by atoms with Crippen LogP contribution in [0.3, 0.4) is 0 Å². The Kier molecular flexibility index (Phi) is 3.91. The number of aliphatic hydroxyl groups excluding tert-OH is 1. The Morgan fingerprint density at radius 3 is 2.93 bits per heavy atom. The summed E-state index contributed by atoms with van der Waals surface area (Å²) in [6.07, 6.45) is -1.09. The number of nitrogens with zero attached hydrogens (tertiary/aromatic N) is 1. The number of carbonyl (C=O) groups is 1. The van der Waals surface area contributed by atoms with Crippen LogP contribution in [-0.4, -0.2) is 34.8 Å². The summed E-state index contributed by atoms with van der Waals surface area (Å²) in [7, 11) is 1.49. The molecule has 4 nitrogen and oxygen atoms in total. The first-order valence-electron chi connectivity index (χ1n) is 4.27. The van der Waals surface area contributed by atoms with Gasteiger partial charge in [0.1, 0.15) is 0 Å². The Bertz CT molecular complexity index is 286. The number of aliphatic hydroxyl groups is 1. The second-order valence-electron chi connectivity index (χ2n) is 3.02. The largest absolute Gasteiger partial charge is 0.465 e. The van der Waals surface area contributed by atoms with E-state index in [1.165, 1.54) is 18.4 Å². The molecule has 0 aliphatic carbocycles. The molecule has 14 heavy (non-hydrogen) atoms. The van der Waals surface area contributed by atoms with Gasteiger partial charge in [0.05, 0.1) is 6.10 Å². The minimum atomic E-state index is -0.969. The average molecular weight is 215 g/mol. The van der Waals surface area contributed by atoms with Gasteiger partial charge >= 0.3 is 6.09 Å². The van der Waals surface area contributed by atoms with Crippen LogP contribution in [0.2, 0.25) is 0 Å². The Hall–Kier alpha value is -1.07. The molecule has 0 saturated heterocycles. The summed E-state index contributed by atoms with van der Waals surface area (Å²) in [6.45, 7) is 0.342. The average Bonchev–Trinajstić information content (AvgIpc) is 2.66. The Balaban J connectivity index is 2.35. The quantitative estimate of drug-likeness (QED) is 0.804. The third kappa shape index (κ3) is 3.01. The van der Waals surface area contributed by atoms with Crippen LogP contribution in [0, 0.1) is 0 Å². The lowest BCUT2D eigenvalue weighted by atomic mass is 10.2. The zero-order valence-corrected chi connectivity index (χ0v) is 8.70. The van der Waals surface area contributed by atoms with E-state index in [4.69, 9.17) is 5.11 Å².